The maximum atomic E-state index is 11.8. The Balaban J connectivity index is 2.31. The van der Waals surface area contributed by atoms with Crippen LogP contribution in [0, 0.1) is 6.92 Å². The fourth-order valence-electron chi connectivity index (χ4n) is 1.53. The predicted octanol–water partition coefficient (Wildman–Crippen LogP) is 0.589. The van der Waals surface area contributed by atoms with Crippen molar-refractivity contribution in [3.05, 3.63) is 11.6 Å². The summed E-state index contributed by atoms with van der Waals surface area (Å²) in [6.07, 6.45) is 2.23. The number of amides is 1. The van der Waals surface area contributed by atoms with Gasteiger partial charge < -0.3 is 10.6 Å². The number of nitrogens with two attached hydrogens (primary N) is 1. The van der Waals surface area contributed by atoms with Crippen LogP contribution in [0.4, 0.5) is 0 Å². The average Bonchev–Trinajstić information content (AvgIpc) is 2.63. The first-order valence-electron chi connectivity index (χ1n) is 5.86. The zero-order valence-corrected chi connectivity index (χ0v) is 10.7. The van der Waals surface area contributed by atoms with Gasteiger partial charge >= 0.3 is 0 Å². The third-order valence-electron chi connectivity index (χ3n) is 2.50. The first kappa shape index (κ1) is 13.6. The number of H-pyrrole nitrogens is 1. The normalized spacial score (nSPS) is 12.5. The summed E-state index contributed by atoms with van der Waals surface area (Å²) in [5.41, 5.74) is 5.63. The Morgan fingerprint density at radius 3 is 2.82 bits per heavy atom. The fourth-order valence-corrected chi connectivity index (χ4v) is 1.53. The molecular formula is C11H21N5O. The molecule has 0 aliphatic rings. The van der Waals surface area contributed by atoms with Gasteiger partial charge in [-0.3, -0.25) is 9.89 Å². The molecule has 0 saturated heterocycles. The van der Waals surface area contributed by atoms with E-state index in [9.17, 15) is 4.79 Å². The molecule has 0 saturated carbocycles. The lowest BCUT2D eigenvalue weighted by Crippen LogP contribution is -2.27. The van der Waals surface area contributed by atoms with Crippen LogP contribution in [-0.2, 0) is 11.3 Å². The van der Waals surface area contributed by atoms with Gasteiger partial charge in [-0.15, -0.1) is 0 Å². The van der Waals surface area contributed by atoms with E-state index in [0.717, 1.165) is 18.7 Å². The van der Waals surface area contributed by atoms with E-state index >= 15 is 0 Å². The third-order valence-corrected chi connectivity index (χ3v) is 2.50. The molecular weight excluding hydrogens is 218 g/mol. The first-order chi connectivity index (χ1) is 7.99. The van der Waals surface area contributed by atoms with Gasteiger partial charge in [-0.25, -0.2) is 4.98 Å². The Morgan fingerprint density at radius 2 is 2.29 bits per heavy atom. The van der Waals surface area contributed by atoms with Gasteiger partial charge in [-0.1, -0.05) is 0 Å². The predicted molar refractivity (Wildman–Crippen MR) is 65.1 cm³/mol. The molecule has 0 fully saturated rings. The van der Waals surface area contributed by atoms with Crippen molar-refractivity contribution in [1.29, 1.82) is 0 Å². The highest BCUT2D eigenvalue weighted by atomic mass is 16.2. The highest BCUT2D eigenvalue weighted by molar-refractivity contribution is 5.75. The van der Waals surface area contributed by atoms with Crippen LogP contribution in [0.25, 0.3) is 0 Å². The second kappa shape index (κ2) is 6.34. The molecule has 6 heteroatoms. The second-order valence-corrected chi connectivity index (χ2v) is 4.46. The molecule has 1 heterocycles. The van der Waals surface area contributed by atoms with E-state index in [0.29, 0.717) is 18.8 Å². The summed E-state index contributed by atoms with van der Waals surface area (Å²) in [6.45, 7) is 4.23. The number of carbonyl (C=O) groups is 1. The summed E-state index contributed by atoms with van der Waals surface area (Å²) in [7, 11) is 1.76. The smallest absolute Gasteiger partial charge is 0.222 e. The molecule has 17 heavy (non-hydrogen) atoms. The molecule has 6 nitrogen and oxygen atoms in total. The fraction of sp³-hybridized carbons (Fsp3) is 0.727. The van der Waals surface area contributed by atoms with Crippen LogP contribution in [0.1, 0.15) is 37.8 Å². The van der Waals surface area contributed by atoms with Crippen molar-refractivity contribution < 1.29 is 4.79 Å². The molecule has 0 aromatic carbocycles. The van der Waals surface area contributed by atoms with Gasteiger partial charge in [0.25, 0.3) is 0 Å². The minimum absolute atomic E-state index is 0.105. The van der Waals surface area contributed by atoms with Crippen LogP contribution in [0.2, 0.25) is 0 Å². The number of nitrogens with one attached hydrogen (secondary N) is 1. The van der Waals surface area contributed by atoms with Crippen molar-refractivity contribution in [3.8, 4) is 0 Å². The second-order valence-electron chi connectivity index (χ2n) is 4.46. The quantitative estimate of drug-likeness (QED) is 0.760. The number of rotatable bonds is 6. The molecule has 0 spiro atoms. The largest absolute Gasteiger partial charge is 0.338 e. The molecule has 96 valence electrons. The highest BCUT2D eigenvalue weighted by Crippen LogP contribution is 2.04. The molecule has 1 aromatic heterocycles. The van der Waals surface area contributed by atoms with Gasteiger partial charge in [0.2, 0.25) is 5.91 Å². The molecule has 0 aliphatic carbocycles. The van der Waals surface area contributed by atoms with E-state index in [4.69, 9.17) is 5.73 Å². The van der Waals surface area contributed by atoms with Crippen molar-refractivity contribution in [3.63, 3.8) is 0 Å². The van der Waals surface area contributed by atoms with Gasteiger partial charge in [0.1, 0.15) is 5.82 Å². The summed E-state index contributed by atoms with van der Waals surface area (Å²) in [4.78, 5) is 17.6. The van der Waals surface area contributed by atoms with E-state index in [1.807, 2.05) is 13.8 Å². The lowest BCUT2D eigenvalue weighted by molar-refractivity contribution is -0.130. The molecule has 1 aromatic rings. The summed E-state index contributed by atoms with van der Waals surface area (Å²) in [6, 6.07) is 0.156. The lowest BCUT2D eigenvalue weighted by atomic mass is 10.1. The molecule has 1 rings (SSSR count). The summed E-state index contributed by atoms with van der Waals surface area (Å²) in [5, 5.41) is 6.75. The minimum Gasteiger partial charge on any atom is -0.338 e. The summed E-state index contributed by atoms with van der Waals surface area (Å²) >= 11 is 0. The highest BCUT2D eigenvalue weighted by Gasteiger charge is 2.11. The zero-order chi connectivity index (χ0) is 12.8. The first-order valence-corrected chi connectivity index (χ1v) is 5.86. The van der Waals surface area contributed by atoms with E-state index in [1.165, 1.54) is 0 Å². The molecule has 3 N–H and O–H groups in total. The lowest BCUT2D eigenvalue weighted by Gasteiger charge is -2.15. The van der Waals surface area contributed by atoms with Crippen LogP contribution in [0.3, 0.4) is 0 Å². The van der Waals surface area contributed by atoms with Crippen molar-refractivity contribution in [1.82, 2.24) is 20.1 Å². The van der Waals surface area contributed by atoms with Gasteiger partial charge in [0, 0.05) is 19.5 Å². The van der Waals surface area contributed by atoms with Crippen LogP contribution in [-0.4, -0.2) is 39.1 Å². The van der Waals surface area contributed by atoms with E-state index < -0.39 is 0 Å². The van der Waals surface area contributed by atoms with E-state index in [1.54, 1.807) is 11.9 Å². The molecule has 0 radical (unpaired) electrons. The van der Waals surface area contributed by atoms with E-state index in [-0.39, 0.29) is 11.9 Å². The summed E-state index contributed by atoms with van der Waals surface area (Å²) in [5.74, 6) is 1.51. The van der Waals surface area contributed by atoms with Crippen LogP contribution in [0.5, 0.6) is 0 Å². The number of aryl methyl sites for hydroxylation is 1. The monoisotopic (exact) mass is 239 g/mol. The molecule has 1 unspecified atom stereocenters. The van der Waals surface area contributed by atoms with Crippen LogP contribution >= 0.6 is 0 Å². The number of hydrogen-bond acceptors (Lipinski definition) is 4. The standard InChI is InChI=1S/C11H21N5O/c1-8(12)5-4-6-11(17)16(3)7-10-13-9(2)14-15-10/h8H,4-7,12H2,1-3H3,(H,13,14,15). The number of aromatic nitrogens is 3. The minimum atomic E-state index is 0.105. The van der Waals surface area contributed by atoms with Crippen molar-refractivity contribution in [2.45, 2.75) is 45.7 Å². The SMILES string of the molecule is Cc1nc(CN(C)C(=O)CCCC(C)N)n[nH]1. The number of hydrogen-bond donors (Lipinski definition) is 2. The topological polar surface area (TPSA) is 87.9 Å². The Morgan fingerprint density at radius 1 is 1.59 bits per heavy atom. The number of nitrogens with zero attached hydrogens (tertiary/aromatic N) is 3. The van der Waals surface area contributed by atoms with Crippen LogP contribution in [0.15, 0.2) is 0 Å². The van der Waals surface area contributed by atoms with Crippen molar-refractivity contribution >= 4 is 5.91 Å². The van der Waals surface area contributed by atoms with Crippen molar-refractivity contribution in [2.24, 2.45) is 5.73 Å². The Hall–Kier alpha value is -1.43. The molecule has 0 bridgehead atoms. The Labute approximate surface area is 102 Å². The Kier molecular flexibility index (Phi) is 5.09. The zero-order valence-electron chi connectivity index (χ0n) is 10.7. The van der Waals surface area contributed by atoms with Gasteiger partial charge in [0.15, 0.2) is 5.82 Å². The molecule has 1 amide bonds. The third kappa shape index (κ3) is 4.95. The van der Waals surface area contributed by atoms with Gasteiger partial charge in [0.05, 0.1) is 6.54 Å². The average molecular weight is 239 g/mol. The van der Waals surface area contributed by atoms with E-state index in [2.05, 4.69) is 15.2 Å². The number of aromatic amines is 1. The van der Waals surface area contributed by atoms with Crippen LogP contribution < -0.4 is 5.73 Å². The Bertz CT molecular complexity index is 360. The molecule has 0 aliphatic heterocycles. The molecule has 1 atom stereocenters. The van der Waals surface area contributed by atoms with Gasteiger partial charge in [-0.2, -0.15) is 5.10 Å². The maximum Gasteiger partial charge on any atom is 0.222 e. The van der Waals surface area contributed by atoms with Gasteiger partial charge in [-0.05, 0) is 26.7 Å². The van der Waals surface area contributed by atoms with Crippen molar-refractivity contribution in [2.75, 3.05) is 7.05 Å². The maximum absolute atomic E-state index is 11.8. The number of carbonyl (C=O) groups excluding carboxylic acids is 1. The summed E-state index contributed by atoms with van der Waals surface area (Å²) < 4.78 is 0.